The molecule has 0 aromatic carbocycles. The summed E-state index contributed by atoms with van der Waals surface area (Å²) < 4.78 is 0. The molecule has 1 saturated carbocycles. The van der Waals surface area contributed by atoms with Gasteiger partial charge in [-0.25, -0.2) is 4.98 Å². The fraction of sp³-hybridized carbons (Fsp3) is 0.524. The van der Waals surface area contributed by atoms with Gasteiger partial charge in [-0.15, -0.1) is 0 Å². The van der Waals surface area contributed by atoms with Crippen LogP contribution in [-0.4, -0.2) is 70.4 Å². The minimum Gasteiger partial charge on any atom is -0.370 e. The molecule has 30 heavy (non-hydrogen) atoms. The molecule has 9 heteroatoms. The summed E-state index contributed by atoms with van der Waals surface area (Å²) >= 11 is 0. The van der Waals surface area contributed by atoms with Gasteiger partial charge in [0.25, 0.3) is 0 Å². The molecule has 160 valence electrons. The lowest BCUT2D eigenvalue weighted by Gasteiger charge is -2.32. The molecule has 1 aliphatic heterocycles. The molecule has 1 saturated heterocycles. The van der Waals surface area contributed by atoms with E-state index in [2.05, 4.69) is 42.4 Å². The number of aromatic nitrogens is 3. The Morgan fingerprint density at radius 3 is 2.63 bits per heavy atom. The molecule has 0 radical (unpaired) electrons. The van der Waals surface area contributed by atoms with Crippen LogP contribution in [0.25, 0.3) is 0 Å². The summed E-state index contributed by atoms with van der Waals surface area (Å²) in [5, 5.41) is 6.46. The molecule has 3 heterocycles. The van der Waals surface area contributed by atoms with Crippen molar-refractivity contribution in [2.24, 2.45) is 5.73 Å². The largest absolute Gasteiger partial charge is 0.370 e. The van der Waals surface area contributed by atoms with Gasteiger partial charge in [0.2, 0.25) is 11.9 Å². The fourth-order valence-corrected chi connectivity index (χ4v) is 3.55. The van der Waals surface area contributed by atoms with Gasteiger partial charge in [0.05, 0.1) is 17.6 Å². The Bertz CT molecular complexity index is 860. The van der Waals surface area contributed by atoms with E-state index in [0.29, 0.717) is 18.4 Å². The Labute approximate surface area is 177 Å². The van der Waals surface area contributed by atoms with E-state index in [4.69, 9.17) is 5.73 Å². The molecule has 1 aliphatic carbocycles. The molecule has 2 aromatic heterocycles. The maximum Gasteiger partial charge on any atom is 0.229 e. The summed E-state index contributed by atoms with van der Waals surface area (Å²) in [6.07, 6.45) is 6.27. The lowest BCUT2D eigenvalue weighted by molar-refractivity contribution is -0.117. The Morgan fingerprint density at radius 1 is 1.17 bits per heavy atom. The van der Waals surface area contributed by atoms with E-state index in [1.54, 1.807) is 0 Å². The molecule has 0 unspecified atom stereocenters. The number of hydrogen-bond acceptors (Lipinski definition) is 8. The van der Waals surface area contributed by atoms with E-state index in [0.717, 1.165) is 68.3 Å². The first kappa shape index (κ1) is 20.5. The number of nitrogens with two attached hydrogens (primary N) is 1. The summed E-state index contributed by atoms with van der Waals surface area (Å²) in [7, 11) is 2.16. The number of pyridine rings is 1. The summed E-state index contributed by atoms with van der Waals surface area (Å²) in [6.45, 7) is 5.69. The van der Waals surface area contributed by atoms with Crippen molar-refractivity contribution in [2.45, 2.75) is 31.7 Å². The number of amides is 1. The maximum absolute atomic E-state index is 11.0. The van der Waals surface area contributed by atoms with Crippen molar-refractivity contribution in [2.75, 3.05) is 50.4 Å². The summed E-state index contributed by atoms with van der Waals surface area (Å²) in [5.74, 6) is 1.46. The predicted octanol–water partition coefficient (Wildman–Crippen LogP) is 1.53. The number of piperazine rings is 1. The van der Waals surface area contributed by atoms with Crippen LogP contribution in [0.2, 0.25) is 0 Å². The smallest absolute Gasteiger partial charge is 0.229 e. The predicted molar refractivity (Wildman–Crippen MR) is 117 cm³/mol. The Hall–Kier alpha value is -2.78. The van der Waals surface area contributed by atoms with Crippen LogP contribution >= 0.6 is 0 Å². The van der Waals surface area contributed by atoms with Gasteiger partial charge in [0, 0.05) is 57.4 Å². The molecule has 0 bridgehead atoms. The van der Waals surface area contributed by atoms with E-state index in [9.17, 15) is 4.79 Å². The van der Waals surface area contributed by atoms with E-state index in [1.165, 1.54) is 0 Å². The number of carbonyl (C=O) groups is 1. The molecule has 2 fully saturated rings. The van der Waals surface area contributed by atoms with Crippen LogP contribution in [-0.2, 0) is 11.3 Å². The lowest BCUT2D eigenvalue weighted by Crippen LogP contribution is -2.43. The van der Waals surface area contributed by atoms with Crippen LogP contribution < -0.4 is 16.4 Å². The number of hydrogen-bond donors (Lipinski definition) is 3. The molecule has 2 aliphatic rings. The number of anilines is 3. The van der Waals surface area contributed by atoms with Crippen LogP contribution in [0.4, 0.5) is 17.5 Å². The molecular formula is C21H30N8O. The standard InChI is InChI=1S/C21H30N8O/c1-28-8-10-29(11-9-28)14-17-5-4-16(12-24-17)26-21-25-13-18(15-2-3-15)20(27-21)23-7-6-19(22)30/h4-5,12-13,15H,2-3,6-11,14H2,1H3,(H2,22,30)(H2,23,25,26,27). The summed E-state index contributed by atoms with van der Waals surface area (Å²) in [6, 6.07) is 4.06. The number of nitrogens with one attached hydrogen (secondary N) is 2. The zero-order chi connectivity index (χ0) is 20.9. The van der Waals surface area contributed by atoms with Gasteiger partial charge < -0.3 is 21.3 Å². The van der Waals surface area contributed by atoms with Crippen LogP contribution in [0.5, 0.6) is 0 Å². The van der Waals surface area contributed by atoms with E-state index >= 15 is 0 Å². The number of rotatable bonds is 9. The second-order valence-corrected chi connectivity index (χ2v) is 8.16. The van der Waals surface area contributed by atoms with Crippen LogP contribution in [0.3, 0.4) is 0 Å². The minimum atomic E-state index is -0.328. The number of carbonyl (C=O) groups excluding carboxylic acids is 1. The van der Waals surface area contributed by atoms with Crippen LogP contribution in [0, 0.1) is 0 Å². The van der Waals surface area contributed by atoms with Gasteiger partial charge in [-0.05, 0) is 37.9 Å². The summed E-state index contributed by atoms with van der Waals surface area (Å²) in [5.41, 5.74) is 8.25. The minimum absolute atomic E-state index is 0.273. The third-order valence-corrected chi connectivity index (χ3v) is 5.56. The molecule has 9 nitrogen and oxygen atoms in total. The van der Waals surface area contributed by atoms with E-state index in [1.807, 2.05) is 24.5 Å². The molecule has 1 amide bonds. The first-order valence-electron chi connectivity index (χ1n) is 10.6. The highest BCUT2D eigenvalue weighted by molar-refractivity contribution is 5.74. The third kappa shape index (κ3) is 5.64. The van der Waals surface area contributed by atoms with E-state index in [-0.39, 0.29) is 12.3 Å². The Kier molecular flexibility index (Phi) is 6.39. The van der Waals surface area contributed by atoms with Gasteiger partial charge >= 0.3 is 0 Å². The zero-order valence-electron chi connectivity index (χ0n) is 17.5. The number of nitrogens with zero attached hydrogens (tertiary/aromatic N) is 5. The van der Waals surface area contributed by atoms with Gasteiger partial charge in [0.1, 0.15) is 5.82 Å². The van der Waals surface area contributed by atoms with Crippen LogP contribution in [0.15, 0.2) is 24.5 Å². The third-order valence-electron chi connectivity index (χ3n) is 5.56. The first-order chi connectivity index (χ1) is 14.6. The van der Waals surface area contributed by atoms with Crippen molar-refractivity contribution in [3.63, 3.8) is 0 Å². The molecule has 2 aromatic rings. The first-order valence-corrected chi connectivity index (χ1v) is 10.6. The average molecular weight is 411 g/mol. The van der Waals surface area contributed by atoms with E-state index < -0.39 is 0 Å². The fourth-order valence-electron chi connectivity index (χ4n) is 3.55. The summed E-state index contributed by atoms with van der Waals surface area (Å²) in [4.78, 5) is 29.5. The van der Waals surface area contributed by atoms with Gasteiger partial charge in [0.15, 0.2) is 0 Å². The van der Waals surface area contributed by atoms with Gasteiger partial charge in [-0.1, -0.05) is 0 Å². The molecule has 0 spiro atoms. The van der Waals surface area contributed by atoms with Crippen molar-refractivity contribution in [1.29, 1.82) is 0 Å². The number of primary amides is 1. The molecular weight excluding hydrogens is 380 g/mol. The quantitative estimate of drug-likeness (QED) is 0.571. The highest BCUT2D eigenvalue weighted by Crippen LogP contribution is 2.42. The highest BCUT2D eigenvalue weighted by atomic mass is 16.1. The Balaban J connectivity index is 1.37. The van der Waals surface area contributed by atoms with Gasteiger partial charge in [-0.3, -0.25) is 14.7 Å². The second-order valence-electron chi connectivity index (χ2n) is 8.16. The molecule has 0 atom stereocenters. The van der Waals surface area contributed by atoms with Crippen molar-refractivity contribution in [3.05, 3.63) is 35.8 Å². The van der Waals surface area contributed by atoms with Crippen molar-refractivity contribution in [1.82, 2.24) is 24.8 Å². The van der Waals surface area contributed by atoms with Gasteiger partial charge in [-0.2, -0.15) is 4.98 Å². The van der Waals surface area contributed by atoms with Crippen molar-refractivity contribution in [3.8, 4) is 0 Å². The maximum atomic E-state index is 11.0. The number of likely N-dealkylation sites (N-methyl/N-ethyl adjacent to an activating group) is 1. The van der Waals surface area contributed by atoms with Crippen molar-refractivity contribution < 1.29 is 4.79 Å². The Morgan fingerprint density at radius 2 is 1.97 bits per heavy atom. The second kappa shape index (κ2) is 9.36. The van der Waals surface area contributed by atoms with Crippen LogP contribution in [0.1, 0.15) is 36.4 Å². The highest BCUT2D eigenvalue weighted by Gasteiger charge is 2.27. The lowest BCUT2D eigenvalue weighted by atomic mass is 10.2. The molecule has 4 rings (SSSR count). The SMILES string of the molecule is CN1CCN(Cc2ccc(Nc3ncc(C4CC4)c(NCCC(N)=O)n3)cn2)CC1. The normalized spacial score (nSPS) is 17.6. The monoisotopic (exact) mass is 410 g/mol. The average Bonchev–Trinajstić information content (AvgIpc) is 3.56. The molecule has 4 N–H and O–H groups in total. The zero-order valence-corrected chi connectivity index (χ0v) is 17.5. The van der Waals surface area contributed by atoms with Crippen molar-refractivity contribution >= 4 is 23.4 Å². The topological polar surface area (TPSA) is 112 Å².